The van der Waals surface area contributed by atoms with Gasteiger partial charge in [0.1, 0.15) is 5.52 Å². The smallest absolute Gasteiger partial charge is 0.253 e. The largest absolute Gasteiger partial charge is 0.474 e. The molecule has 2 aromatic heterocycles. The fraction of sp³-hybridized carbons (Fsp3) is 0.417. The Kier molecular flexibility index (Phi) is 6.76. The van der Waals surface area contributed by atoms with Gasteiger partial charge >= 0.3 is 0 Å². The number of aromatic nitrogens is 3. The van der Waals surface area contributed by atoms with Crippen LogP contribution in [0.2, 0.25) is 0 Å². The van der Waals surface area contributed by atoms with Crippen LogP contribution >= 0.6 is 11.8 Å². The minimum absolute atomic E-state index is 0.0950. The number of benzene rings is 1. The maximum Gasteiger partial charge on any atom is 0.253 e. The fourth-order valence-corrected chi connectivity index (χ4v) is 5.41. The molecule has 3 N–H and O–H groups in total. The molecule has 1 aliphatic rings. The van der Waals surface area contributed by atoms with E-state index in [1.165, 1.54) is 39.2 Å². The third-order valence-corrected chi connectivity index (χ3v) is 7.71. The van der Waals surface area contributed by atoms with Crippen LogP contribution in [0.4, 0.5) is 29.1 Å². The molecule has 0 fully saturated rings. The first-order chi connectivity index (χ1) is 16.8. The van der Waals surface area contributed by atoms with Crippen molar-refractivity contribution in [1.82, 2.24) is 15.0 Å². The third-order valence-electron chi connectivity index (χ3n) is 6.43. The Balaban J connectivity index is 1.78. The molecule has 0 amide bonds. The van der Waals surface area contributed by atoms with E-state index >= 15 is 4.39 Å². The van der Waals surface area contributed by atoms with Crippen molar-refractivity contribution in [3.05, 3.63) is 47.8 Å². The van der Waals surface area contributed by atoms with E-state index < -0.39 is 34.3 Å². The molecule has 192 valence electrons. The Labute approximate surface area is 210 Å². The topological polar surface area (TPSA) is 98.3 Å². The minimum Gasteiger partial charge on any atom is -0.474 e. The molecule has 0 unspecified atom stereocenters. The highest BCUT2D eigenvalue weighted by atomic mass is 32.2. The molecular formula is C24H26F4N6OS. The van der Waals surface area contributed by atoms with Gasteiger partial charge in [0, 0.05) is 29.4 Å². The number of fused-ring (bicyclic) bond motifs is 1. The Morgan fingerprint density at radius 2 is 1.89 bits per heavy atom. The molecule has 3 atom stereocenters. The van der Waals surface area contributed by atoms with Gasteiger partial charge in [0.25, 0.3) is 6.43 Å². The molecule has 0 bridgehead atoms. The number of hydrogen-bond donors (Lipinski definition) is 2. The van der Waals surface area contributed by atoms with Gasteiger partial charge in [-0.05, 0) is 39.8 Å². The molecule has 36 heavy (non-hydrogen) atoms. The zero-order valence-electron chi connectivity index (χ0n) is 20.3. The SMILES string of the molecule is CC(C)Oc1cnc2c(Nc3cc(F)c(F)c([C@@]4(C)N=C(N)S[C@](C)(C(F)F)[C@H]4C)c3)nccc2n1. The quantitative estimate of drug-likeness (QED) is 0.397. The Hall–Kier alpha value is -3.15. The van der Waals surface area contributed by atoms with E-state index in [1.807, 2.05) is 13.8 Å². The maximum atomic E-state index is 15.1. The van der Waals surface area contributed by atoms with E-state index in [9.17, 15) is 13.2 Å². The van der Waals surface area contributed by atoms with Crippen LogP contribution in [0.1, 0.15) is 40.2 Å². The number of thioether (sulfide) groups is 1. The van der Waals surface area contributed by atoms with Crippen LogP contribution in [0.3, 0.4) is 0 Å². The van der Waals surface area contributed by atoms with Gasteiger partial charge in [-0.25, -0.2) is 32.5 Å². The number of nitrogens with two attached hydrogens (primary N) is 1. The number of aliphatic imine (C=N–C) groups is 1. The highest BCUT2D eigenvalue weighted by Crippen LogP contribution is 2.53. The first-order valence-corrected chi connectivity index (χ1v) is 12.0. The van der Waals surface area contributed by atoms with Crippen LogP contribution in [0.5, 0.6) is 5.88 Å². The molecule has 0 saturated heterocycles. The molecule has 3 heterocycles. The summed E-state index contributed by atoms with van der Waals surface area (Å²) in [5, 5.41) is 2.82. The average molecular weight is 523 g/mol. The molecule has 0 aliphatic carbocycles. The zero-order valence-corrected chi connectivity index (χ0v) is 21.1. The van der Waals surface area contributed by atoms with Crippen molar-refractivity contribution in [2.75, 3.05) is 5.32 Å². The summed E-state index contributed by atoms with van der Waals surface area (Å²) in [7, 11) is 0. The summed E-state index contributed by atoms with van der Waals surface area (Å²) in [5.41, 5.74) is 5.11. The summed E-state index contributed by atoms with van der Waals surface area (Å²) in [4.78, 5) is 17.3. The number of hydrogen-bond acceptors (Lipinski definition) is 8. The van der Waals surface area contributed by atoms with Crippen molar-refractivity contribution in [2.45, 2.75) is 57.4 Å². The van der Waals surface area contributed by atoms with Gasteiger partial charge in [0.05, 0.1) is 28.1 Å². The van der Waals surface area contributed by atoms with Crippen molar-refractivity contribution in [3.8, 4) is 5.88 Å². The van der Waals surface area contributed by atoms with Gasteiger partial charge in [-0.2, -0.15) is 0 Å². The number of rotatable bonds is 6. The van der Waals surface area contributed by atoms with Gasteiger partial charge in [0.15, 0.2) is 22.6 Å². The third kappa shape index (κ3) is 4.54. The standard InChI is InChI=1S/C24H26F4N6OS/c1-11(2)35-17-10-31-19-16(33-17)6-7-30-20(19)32-13-8-14(18(26)15(25)9-13)23(4)12(3)24(5,21(27)28)36-22(29)34-23/h6-12,21H,1-5H3,(H2,29,34)(H,30,32)/t12-,23-,24-/m0/s1. The number of pyridine rings is 1. The Morgan fingerprint density at radius 1 is 1.17 bits per heavy atom. The molecule has 0 saturated carbocycles. The number of halogens is 4. The van der Waals surface area contributed by atoms with E-state index in [-0.39, 0.29) is 28.3 Å². The molecule has 7 nitrogen and oxygen atoms in total. The molecule has 3 aromatic rings. The highest BCUT2D eigenvalue weighted by molar-refractivity contribution is 8.15. The fourth-order valence-electron chi connectivity index (χ4n) is 4.23. The first-order valence-electron chi connectivity index (χ1n) is 11.2. The van der Waals surface area contributed by atoms with Gasteiger partial charge in [-0.3, -0.25) is 4.99 Å². The second-order valence-corrected chi connectivity index (χ2v) is 10.8. The van der Waals surface area contributed by atoms with E-state index in [1.54, 1.807) is 6.07 Å². The van der Waals surface area contributed by atoms with Gasteiger partial charge < -0.3 is 15.8 Å². The van der Waals surface area contributed by atoms with Crippen molar-refractivity contribution in [1.29, 1.82) is 0 Å². The lowest BCUT2D eigenvalue weighted by Crippen LogP contribution is -2.52. The predicted octanol–water partition coefficient (Wildman–Crippen LogP) is 5.77. The number of anilines is 2. The summed E-state index contributed by atoms with van der Waals surface area (Å²) in [5.74, 6) is -2.68. The molecule has 1 aliphatic heterocycles. The minimum atomic E-state index is -2.77. The summed E-state index contributed by atoms with van der Waals surface area (Å²) < 4.78 is 62.0. The molecule has 1 aromatic carbocycles. The maximum absolute atomic E-state index is 15.1. The number of nitrogens with zero attached hydrogens (tertiary/aromatic N) is 4. The van der Waals surface area contributed by atoms with Gasteiger partial charge in [-0.1, -0.05) is 18.7 Å². The molecular weight excluding hydrogens is 496 g/mol. The number of nitrogens with one attached hydrogen (secondary N) is 1. The van der Waals surface area contributed by atoms with E-state index in [0.717, 1.165) is 17.8 Å². The van der Waals surface area contributed by atoms with Crippen LogP contribution in [0.25, 0.3) is 11.0 Å². The first kappa shape index (κ1) is 25.9. The van der Waals surface area contributed by atoms with Crippen LogP contribution in [-0.2, 0) is 5.54 Å². The molecule has 0 spiro atoms. The summed E-state index contributed by atoms with van der Waals surface area (Å²) >= 11 is 0.735. The van der Waals surface area contributed by atoms with Crippen molar-refractivity contribution in [3.63, 3.8) is 0 Å². The van der Waals surface area contributed by atoms with Gasteiger partial charge in [-0.15, -0.1) is 0 Å². The van der Waals surface area contributed by atoms with Crippen molar-refractivity contribution in [2.24, 2.45) is 16.6 Å². The number of alkyl halides is 2. The van der Waals surface area contributed by atoms with Crippen molar-refractivity contribution >= 4 is 39.5 Å². The average Bonchev–Trinajstić information content (AvgIpc) is 2.79. The molecule has 4 rings (SSSR count). The van der Waals surface area contributed by atoms with E-state index in [2.05, 4.69) is 25.3 Å². The van der Waals surface area contributed by atoms with Crippen LogP contribution < -0.4 is 15.8 Å². The van der Waals surface area contributed by atoms with Crippen LogP contribution in [0.15, 0.2) is 35.6 Å². The van der Waals surface area contributed by atoms with Gasteiger partial charge in [0.2, 0.25) is 5.88 Å². The van der Waals surface area contributed by atoms with Crippen LogP contribution in [0, 0.1) is 17.6 Å². The zero-order chi connectivity index (χ0) is 26.4. The van der Waals surface area contributed by atoms with E-state index in [4.69, 9.17) is 10.5 Å². The lowest BCUT2D eigenvalue weighted by Gasteiger charge is -2.46. The lowest BCUT2D eigenvalue weighted by atomic mass is 9.73. The van der Waals surface area contributed by atoms with Crippen molar-refractivity contribution < 1.29 is 22.3 Å². The summed E-state index contributed by atoms with van der Waals surface area (Å²) in [6.45, 7) is 8.08. The normalized spacial score (nSPS) is 24.3. The monoisotopic (exact) mass is 522 g/mol. The Morgan fingerprint density at radius 3 is 2.56 bits per heavy atom. The summed E-state index contributed by atoms with van der Waals surface area (Å²) in [6.07, 6.45) is 0.0577. The second kappa shape index (κ2) is 9.38. The number of ether oxygens (including phenoxy) is 1. The van der Waals surface area contributed by atoms with Crippen LogP contribution in [-0.4, -0.2) is 37.4 Å². The Bertz CT molecular complexity index is 1340. The summed E-state index contributed by atoms with van der Waals surface area (Å²) in [6, 6.07) is 3.92. The van der Waals surface area contributed by atoms with E-state index in [0.29, 0.717) is 16.9 Å². The molecule has 0 radical (unpaired) electrons. The number of amidine groups is 1. The molecule has 12 heteroatoms. The highest BCUT2D eigenvalue weighted by Gasteiger charge is 2.54. The lowest BCUT2D eigenvalue weighted by molar-refractivity contribution is 0.0571. The predicted molar refractivity (Wildman–Crippen MR) is 133 cm³/mol. The second-order valence-electron chi connectivity index (χ2n) is 9.25.